The molecule has 3 nitrogen and oxygen atoms in total. The molecule has 0 aromatic carbocycles. The lowest BCUT2D eigenvalue weighted by atomic mass is 10.3. The smallest absolute Gasteiger partial charge is 0.0698 e. The molecule has 0 radical (unpaired) electrons. The quantitative estimate of drug-likeness (QED) is 0.615. The largest absolute Gasteiger partial charge is 0.394 e. The van der Waals surface area contributed by atoms with Crippen LogP contribution < -0.4 is 0 Å². The van der Waals surface area contributed by atoms with Gasteiger partial charge in [0.25, 0.3) is 0 Å². The number of aryl methyl sites for hydroxylation is 2. The van der Waals surface area contributed by atoms with Gasteiger partial charge in [0.15, 0.2) is 0 Å². The molecular formula is C11H17NO2S. The summed E-state index contributed by atoms with van der Waals surface area (Å²) < 4.78 is 8.26. The zero-order chi connectivity index (χ0) is 11.3. The van der Waals surface area contributed by atoms with E-state index in [0.29, 0.717) is 13.2 Å². The van der Waals surface area contributed by atoms with Crippen LogP contribution in [0, 0.1) is 18.4 Å². The lowest BCUT2D eigenvalue weighted by Gasteiger charge is -2.14. The summed E-state index contributed by atoms with van der Waals surface area (Å²) in [7, 11) is 0. The average Bonchev–Trinajstić information content (AvgIpc) is 2.15. The van der Waals surface area contributed by atoms with E-state index in [9.17, 15) is 0 Å². The number of nitrogens with zero attached hydrogens (tertiary/aromatic N) is 1. The number of pyridine rings is 1. The van der Waals surface area contributed by atoms with Crippen LogP contribution in [0.15, 0.2) is 12.1 Å². The standard InChI is InChI=1S/C11H17NO2S/c1-9-7-11(15)8-10(2)12(9)3-5-14-6-4-13/h7-8,13H,3-6H2,1-2H3. The summed E-state index contributed by atoms with van der Waals surface area (Å²) >= 11 is 5.12. The molecule has 0 aliphatic heterocycles. The average molecular weight is 227 g/mol. The Balaban J connectivity index is 2.64. The van der Waals surface area contributed by atoms with Crippen LogP contribution >= 0.6 is 12.2 Å². The molecule has 4 heteroatoms. The van der Waals surface area contributed by atoms with E-state index in [2.05, 4.69) is 4.57 Å². The normalized spacial score (nSPS) is 10.6. The summed E-state index contributed by atoms with van der Waals surface area (Å²) in [6.07, 6.45) is 0. The maximum absolute atomic E-state index is 8.56. The third-order valence-corrected chi connectivity index (χ3v) is 2.48. The Morgan fingerprint density at radius 2 is 1.87 bits per heavy atom. The van der Waals surface area contributed by atoms with Crippen LogP contribution in [0.2, 0.25) is 0 Å². The second-order valence-electron chi connectivity index (χ2n) is 3.46. The Morgan fingerprint density at radius 1 is 1.27 bits per heavy atom. The van der Waals surface area contributed by atoms with Crippen molar-refractivity contribution in [3.63, 3.8) is 0 Å². The molecule has 84 valence electrons. The molecule has 0 saturated carbocycles. The van der Waals surface area contributed by atoms with E-state index >= 15 is 0 Å². The van der Waals surface area contributed by atoms with Crippen LogP contribution in [0.4, 0.5) is 0 Å². The van der Waals surface area contributed by atoms with Crippen molar-refractivity contribution in [1.29, 1.82) is 0 Å². The molecule has 1 heterocycles. The Labute approximate surface area is 95.3 Å². The lowest BCUT2D eigenvalue weighted by Crippen LogP contribution is -2.13. The highest BCUT2D eigenvalue weighted by Crippen LogP contribution is 2.06. The molecule has 0 aliphatic carbocycles. The van der Waals surface area contributed by atoms with Gasteiger partial charge in [0, 0.05) is 22.4 Å². The zero-order valence-corrected chi connectivity index (χ0v) is 10.0. The predicted molar refractivity (Wildman–Crippen MR) is 62.6 cm³/mol. The van der Waals surface area contributed by atoms with E-state index in [1.54, 1.807) is 0 Å². The molecule has 0 bridgehead atoms. The molecule has 0 aliphatic rings. The molecule has 0 atom stereocenters. The van der Waals surface area contributed by atoms with E-state index in [-0.39, 0.29) is 6.61 Å². The van der Waals surface area contributed by atoms with Crippen molar-refractivity contribution in [2.45, 2.75) is 20.4 Å². The fraction of sp³-hybridized carbons (Fsp3) is 0.545. The third kappa shape index (κ3) is 3.74. The highest BCUT2D eigenvalue weighted by molar-refractivity contribution is 7.71. The number of hydrogen-bond acceptors (Lipinski definition) is 3. The van der Waals surface area contributed by atoms with Crippen molar-refractivity contribution in [3.05, 3.63) is 28.0 Å². The van der Waals surface area contributed by atoms with Crippen LogP contribution in [0.1, 0.15) is 11.4 Å². The molecule has 0 fully saturated rings. The fourth-order valence-electron chi connectivity index (χ4n) is 1.56. The van der Waals surface area contributed by atoms with Gasteiger partial charge in [-0.3, -0.25) is 0 Å². The highest BCUT2D eigenvalue weighted by Gasteiger charge is 1.99. The summed E-state index contributed by atoms with van der Waals surface area (Å²) in [5.41, 5.74) is 2.29. The number of aromatic nitrogens is 1. The molecule has 0 unspecified atom stereocenters. The zero-order valence-electron chi connectivity index (χ0n) is 9.19. The van der Waals surface area contributed by atoms with E-state index in [4.69, 9.17) is 22.1 Å². The number of hydrogen-bond donors (Lipinski definition) is 1. The first kappa shape index (κ1) is 12.4. The van der Waals surface area contributed by atoms with Crippen molar-refractivity contribution in [3.8, 4) is 0 Å². The number of rotatable bonds is 5. The Kier molecular flexibility index (Phi) is 4.94. The summed E-state index contributed by atoms with van der Waals surface area (Å²) in [5.74, 6) is 0. The van der Waals surface area contributed by atoms with Gasteiger partial charge in [-0.2, -0.15) is 0 Å². The summed E-state index contributed by atoms with van der Waals surface area (Å²) in [5, 5.41) is 8.56. The summed E-state index contributed by atoms with van der Waals surface area (Å²) in [4.78, 5) is 0. The molecule has 1 N–H and O–H groups in total. The molecule has 1 rings (SSSR count). The van der Waals surface area contributed by atoms with Gasteiger partial charge in [-0.25, -0.2) is 0 Å². The van der Waals surface area contributed by atoms with E-state index in [1.807, 2.05) is 26.0 Å². The van der Waals surface area contributed by atoms with Gasteiger partial charge < -0.3 is 14.4 Å². The minimum atomic E-state index is 0.0771. The van der Waals surface area contributed by atoms with Crippen LogP contribution in [0.25, 0.3) is 0 Å². The Morgan fingerprint density at radius 3 is 2.40 bits per heavy atom. The molecule has 1 aromatic rings. The number of aliphatic hydroxyl groups excluding tert-OH is 1. The fourth-order valence-corrected chi connectivity index (χ4v) is 1.90. The van der Waals surface area contributed by atoms with E-state index in [1.165, 1.54) is 0 Å². The maximum Gasteiger partial charge on any atom is 0.0698 e. The Hall–Kier alpha value is -0.710. The van der Waals surface area contributed by atoms with Crippen LogP contribution in [-0.2, 0) is 11.3 Å². The first-order chi connectivity index (χ1) is 7.15. The van der Waals surface area contributed by atoms with Crippen molar-refractivity contribution in [1.82, 2.24) is 4.57 Å². The minimum Gasteiger partial charge on any atom is -0.394 e. The number of ether oxygens (including phenoxy) is 1. The number of aliphatic hydroxyl groups is 1. The topological polar surface area (TPSA) is 34.4 Å². The highest BCUT2D eigenvalue weighted by atomic mass is 32.1. The Bertz CT molecular complexity index is 347. The van der Waals surface area contributed by atoms with Crippen LogP contribution in [0.3, 0.4) is 0 Å². The van der Waals surface area contributed by atoms with E-state index < -0.39 is 0 Å². The second-order valence-corrected chi connectivity index (χ2v) is 3.93. The van der Waals surface area contributed by atoms with Gasteiger partial charge in [-0.1, -0.05) is 12.2 Å². The SMILES string of the molecule is Cc1cc(=S)cc(C)n1CCOCCO. The summed E-state index contributed by atoms with van der Waals surface area (Å²) in [6, 6.07) is 3.96. The molecule has 0 saturated heterocycles. The predicted octanol–water partition coefficient (Wildman–Crippen LogP) is 1.84. The first-order valence-corrected chi connectivity index (χ1v) is 5.42. The molecule has 0 spiro atoms. The maximum atomic E-state index is 8.56. The molecule has 1 aromatic heterocycles. The molecule has 15 heavy (non-hydrogen) atoms. The molecular weight excluding hydrogens is 210 g/mol. The second kappa shape index (κ2) is 6.00. The van der Waals surface area contributed by atoms with Crippen molar-refractivity contribution < 1.29 is 9.84 Å². The summed E-state index contributed by atoms with van der Waals surface area (Å²) in [6.45, 7) is 5.96. The van der Waals surface area contributed by atoms with Gasteiger partial charge in [-0.15, -0.1) is 0 Å². The van der Waals surface area contributed by atoms with Crippen molar-refractivity contribution in [2.75, 3.05) is 19.8 Å². The lowest BCUT2D eigenvalue weighted by molar-refractivity contribution is 0.0864. The van der Waals surface area contributed by atoms with Crippen molar-refractivity contribution in [2.24, 2.45) is 0 Å². The van der Waals surface area contributed by atoms with E-state index in [0.717, 1.165) is 22.4 Å². The van der Waals surface area contributed by atoms with Gasteiger partial charge in [0.2, 0.25) is 0 Å². The van der Waals surface area contributed by atoms with Gasteiger partial charge in [-0.05, 0) is 26.0 Å². The monoisotopic (exact) mass is 227 g/mol. The third-order valence-electron chi connectivity index (χ3n) is 2.25. The minimum absolute atomic E-state index is 0.0771. The van der Waals surface area contributed by atoms with Crippen LogP contribution in [-0.4, -0.2) is 29.5 Å². The van der Waals surface area contributed by atoms with Gasteiger partial charge in [0.1, 0.15) is 0 Å². The van der Waals surface area contributed by atoms with Crippen LogP contribution in [0.5, 0.6) is 0 Å². The van der Waals surface area contributed by atoms with Gasteiger partial charge in [0.05, 0.1) is 19.8 Å². The van der Waals surface area contributed by atoms with Crippen molar-refractivity contribution >= 4 is 12.2 Å². The van der Waals surface area contributed by atoms with Gasteiger partial charge >= 0.3 is 0 Å². The first-order valence-electron chi connectivity index (χ1n) is 5.02. The molecule has 0 amide bonds.